The molecule has 1 aromatic rings. The second-order valence-corrected chi connectivity index (χ2v) is 7.42. The molecule has 1 aliphatic heterocycles. The van der Waals surface area contributed by atoms with E-state index in [4.69, 9.17) is 28.9 Å². The highest BCUT2D eigenvalue weighted by Gasteiger charge is 2.20. The Balaban J connectivity index is 1.84. The lowest BCUT2D eigenvalue weighted by Crippen LogP contribution is -2.50. The molecule has 3 N–H and O–H groups in total. The normalized spacial score (nSPS) is 19.6. The summed E-state index contributed by atoms with van der Waals surface area (Å²) >= 11 is 12.2. The maximum atomic E-state index is 6.24. The first-order chi connectivity index (χ1) is 11.9. The first kappa shape index (κ1) is 20.3. The van der Waals surface area contributed by atoms with Gasteiger partial charge in [0, 0.05) is 42.3 Å². The van der Waals surface area contributed by atoms with Crippen molar-refractivity contribution in [3.63, 3.8) is 0 Å². The van der Waals surface area contributed by atoms with E-state index in [2.05, 4.69) is 34.0 Å². The number of hydrogen-bond donors (Lipinski definition) is 2. The Bertz CT molecular complexity index is 585. The summed E-state index contributed by atoms with van der Waals surface area (Å²) in [5, 5.41) is 4.46. The Hall–Kier alpha value is -1.01. The predicted molar refractivity (Wildman–Crippen MR) is 108 cm³/mol. The summed E-state index contributed by atoms with van der Waals surface area (Å²) < 4.78 is 0. The van der Waals surface area contributed by atoms with Crippen LogP contribution >= 0.6 is 23.2 Å². The summed E-state index contributed by atoms with van der Waals surface area (Å²) in [4.78, 5) is 9.46. The van der Waals surface area contributed by atoms with Gasteiger partial charge in [-0.05, 0) is 38.1 Å². The summed E-state index contributed by atoms with van der Waals surface area (Å²) in [7, 11) is 0. The van der Waals surface area contributed by atoms with Gasteiger partial charge in [-0.15, -0.1) is 0 Å². The zero-order valence-corrected chi connectivity index (χ0v) is 16.8. The van der Waals surface area contributed by atoms with Crippen molar-refractivity contribution in [3.05, 3.63) is 33.8 Å². The van der Waals surface area contributed by atoms with Crippen LogP contribution in [-0.2, 0) is 0 Å². The number of rotatable bonds is 6. The minimum Gasteiger partial charge on any atom is -0.370 e. The van der Waals surface area contributed by atoms with Crippen LogP contribution in [0.3, 0.4) is 0 Å². The van der Waals surface area contributed by atoms with Crippen LogP contribution in [0.2, 0.25) is 10.0 Å². The molecule has 0 saturated carbocycles. The molecule has 1 aromatic carbocycles. The van der Waals surface area contributed by atoms with Crippen LogP contribution in [0.5, 0.6) is 0 Å². The molecule has 0 aliphatic carbocycles. The van der Waals surface area contributed by atoms with Crippen LogP contribution in [0, 0.1) is 0 Å². The number of nitrogens with two attached hydrogens (primary N) is 1. The largest absolute Gasteiger partial charge is 0.370 e. The topological polar surface area (TPSA) is 56.9 Å². The van der Waals surface area contributed by atoms with E-state index < -0.39 is 0 Å². The summed E-state index contributed by atoms with van der Waals surface area (Å²) in [6, 6.07) is 5.82. The number of hydrogen-bond acceptors (Lipinski definition) is 3. The van der Waals surface area contributed by atoms with Gasteiger partial charge in [-0.2, -0.15) is 0 Å². The second-order valence-electron chi connectivity index (χ2n) is 6.58. The molecule has 0 bridgehead atoms. The second kappa shape index (κ2) is 9.62. The lowest BCUT2D eigenvalue weighted by molar-refractivity contribution is 0.109. The molecule has 2 unspecified atom stereocenters. The van der Waals surface area contributed by atoms with Gasteiger partial charge in [-0.25, -0.2) is 0 Å². The van der Waals surface area contributed by atoms with Crippen molar-refractivity contribution in [2.75, 3.05) is 39.3 Å². The van der Waals surface area contributed by atoms with E-state index in [9.17, 15) is 0 Å². The van der Waals surface area contributed by atoms with E-state index in [1.165, 1.54) is 0 Å². The molecule has 1 heterocycles. The van der Waals surface area contributed by atoms with E-state index in [1.807, 2.05) is 19.1 Å². The Labute approximate surface area is 161 Å². The van der Waals surface area contributed by atoms with Crippen molar-refractivity contribution in [2.45, 2.75) is 32.9 Å². The molecule has 1 saturated heterocycles. The number of halogens is 2. The molecule has 0 aromatic heterocycles. The highest BCUT2D eigenvalue weighted by atomic mass is 35.5. The molecule has 0 amide bonds. The summed E-state index contributed by atoms with van der Waals surface area (Å²) in [6.45, 7) is 12.7. The van der Waals surface area contributed by atoms with Crippen LogP contribution in [0.4, 0.5) is 0 Å². The molecule has 140 valence electrons. The molecule has 0 radical (unpaired) electrons. The minimum absolute atomic E-state index is 0.0306. The number of nitrogens with one attached hydrogen (secondary N) is 1. The van der Waals surface area contributed by atoms with Gasteiger partial charge in [-0.3, -0.25) is 9.89 Å². The molecule has 7 heteroatoms. The Kier molecular flexibility index (Phi) is 7.81. The first-order valence-electron chi connectivity index (χ1n) is 8.88. The average Bonchev–Trinajstić information content (AvgIpc) is 2.59. The molecule has 0 spiro atoms. The molecular formula is C18H29Cl2N5. The van der Waals surface area contributed by atoms with Gasteiger partial charge in [0.25, 0.3) is 0 Å². The number of aliphatic imine (C=N–C) groups is 1. The third kappa shape index (κ3) is 6.03. The average molecular weight is 386 g/mol. The lowest BCUT2D eigenvalue weighted by atomic mass is 10.1. The molecule has 5 nitrogen and oxygen atoms in total. The van der Waals surface area contributed by atoms with E-state index in [0.29, 0.717) is 28.6 Å². The van der Waals surface area contributed by atoms with E-state index in [0.717, 1.165) is 38.3 Å². The van der Waals surface area contributed by atoms with Crippen molar-refractivity contribution in [2.24, 2.45) is 10.7 Å². The Morgan fingerprint density at radius 2 is 1.92 bits per heavy atom. The van der Waals surface area contributed by atoms with E-state index in [-0.39, 0.29) is 6.04 Å². The Morgan fingerprint density at radius 3 is 2.52 bits per heavy atom. The molecular weight excluding hydrogens is 357 g/mol. The van der Waals surface area contributed by atoms with Gasteiger partial charge in [-0.1, -0.05) is 36.2 Å². The van der Waals surface area contributed by atoms with Crippen LogP contribution in [0.25, 0.3) is 0 Å². The number of piperazine rings is 1. The van der Waals surface area contributed by atoms with Gasteiger partial charge < -0.3 is 16.0 Å². The van der Waals surface area contributed by atoms with Crippen LogP contribution in [0.1, 0.15) is 32.4 Å². The number of guanidine groups is 1. The number of likely N-dealkylation sites (N-methyl/N-ethyl adjacent to an activating group) is 1. The lowest BCUT2D eigenvalue weighted by Gasteiger charge is -2.37. The number of nitrogens with zero attached hydrogens (tertiary/aromatic N) is 3. The highest BCUT2D eigenvalue weighted by molar-refractivity contribution is 6.35. The summed E-state index contributed by atoms with van der Waals surface area (Å²) in [6.07, 6.45) is 0. The van der Waals surface area contributed by atoms with Gasteiger partial charge >= 0.3 is 0 Å². The quantitative estimate of drug-likeness (QED) is 0.583. The van der Waals surface area contributed by atoms with Gasteiger partial charge in [0.1, 0.15) is 0 Å². The molecule has 1 fully saturated rings. The fourth-order valence-electron chi connectivity index (χ4n) is 3.06. The van der Waals surface area contributed by atoms with Crippen molar-refractivity contribution in [1.29, 1.82) is 0 Å². The van der Waals surface area contributed by atoms with Crippen LogP contribution < -0.4 is 11.1 Å². The van der Waals surface area contributed by atoms with Gasteiger partial charge in [0.2, 0.25) is 0 Å². The molecule has 1 aliphatic rings. The zero-order valence-electron chi connectivity index (χ0n) is 15.3. The van der Waals surface area contributed by atoms with Gasteiger partial charge in [0.15, 0.2) is 5.96 Å². The Morgan fingerprint density at radius 1 is 1.24 bits per heavy atom. The maximum Gasteiger partial charge on any atom is 0.189 e. The van der Waals surface area contributed by atoms with Crippen molar-refractivity contribution >= 4 is 29.2 Å². The predicted octanol–water partition coefficient (Wildman–Crippen LogP) is 2.98. The van der Waals surface area contributed by atoms with Crippen molar-refractivity contribution in [1.82, 2.24) is 15.1 Å². The minimum atomic E-state index is -0.0306. The SMILES string of the molecule is CCN1CCN(C(C)CN=C(N)NC(C)c2ccc(Cl)cc2Cl)CC1. The monoisotopic (exact) mass is 385 g/mol. The smallest absolute Gasteiger partial charge is 0.189 e. The highest BCUT2D eigenvalue weighted by Crippen LogP contribution is 2.25. The fourth-order valence-corrected chi connectivity index (χ4v) is 3.64. The molecule has 2 atom stereocenters. The van der Waals surface area contributed by atoms with Crippen LogP contribution in [0.15, 0.2) is 23.2 Å². The standard InChI is InChI=1S/C18H29Cl2N5/c1-4-24-7-9-25(10-8-24)13(2)12-22-18(21)23-14(3)16-6-5-15(19)11-17(16)20/h5-6,11,13-14H,4,7-10,12H2,1-3H3,(H3,21,22,23). The van der Waals surface area contributed by atoms with Gasteiger partial charge in [0.05, 0.1) is 12.6 Å². The maximum absolute atomic E-state index is 6.24. The summed E-state index contributed by atoms with van der Waals surface area (Å²) in [5.41, 5.74) is 7.01. The van der Waals surface area contributed by atoms with Crippen molar-refractivity contribution < 1.29 is 0 Å². The first-order valence-corrected chi connectivity index (χ1v) is 9.64. The third-order valence-corrected chi connectivity index (χ3v) is 5.36. The van der Waals surface area contributed by atoms with E-state index >= 15 is 0 Å². The van der Waals surface area contributed by atoms with Crippen LogP contribution in [-0.4, -0.2) is 61.1 Å². The third-order valence-electron chi connectivity index (χ3n) is 4.80. The molecule has 25 heavy (non-hydrogen) atoms. The van der Waals surface area contributed by atoms with Crippen molar-refractivity contribution in [3.8, 4) is 0 Å². The number of benzene rings is 1. The zero-order chi connectivity index (χ0) is 18.4. The van der Waals surface area contributed by atoms with E-state index in [1.54, 1.807) is 6.07 Å². The summed E-state index contributed by atoms with van der Waals surface area (Å²) in [5.74, 6) is 0.442. The molecule has 2 rings (SSSR count). The fraction of sp³-hybridized carbons (Fsp3) is 0.611.